The molecule has 0 bridgehead atoms. The smallest absolute Gasteiger partial charge is 0.299 e. The molecule has 3 aromatic rings. The number of benzene rings is 2. The molecule has 0 aliphatic carbocycles. The van der Waals surface area contributed by atoms with E-state index in [1.165, 1.54) is 12.1 Å². The molecule has 0 radical (unpaired) electrons. The number of fused-ring (bicyclic) bond motifs is 3. The fraction of sp³-hybridized carbons (Fsp3) is 0.414. The number of amides is 1. The summed E-state index contributed by atoms with van der Waals surface area (Å²) in [6.45, 7) is 5.17. The van der Waals surface area contributed by atoms with Gasteiger partial charge < -0.3 is 19.7 Å². The summed E-state index contributed by atoms with van der Waals surface area (Å²) in [5.74, 6) is -0.0338. The van der Waals surface area contributed by atoms with Gasteiger partial charge in [0, 0.05) is 49.4 Å². The molecule has 5 rings (SSSR count). The summed E-state index contributed by atoms with van der Waals surface area (Å²) in [6.07, 6.45) is 8.43. The number of rotatable bonds is 5. The van der Waals surface area contributed by atoms with Crippen LogP contribution in [0.4, 0.5) is 18.9 Å². The van der Waals surface area contributed by atoms with Crippen LogP contribution in [0.1, 0.15) is 49.0 Å². The Morgan fingerprint density at radius 3 is 2.54 bits per heavy atom. The van der Waals surface area contributed by atoms with E-state index >= 15 is 4.39 Å². The van der Waals surface area contributed by atoms with Crippen LogP contribution in [-0.4, -0.2) is 60.0 Å². The highest BCUT2D eigenvalue weighted by molar-refractivity contribution is 5.95. The molecule has 8 heteroatoms. The summed E-state index contributed by atoms with van der Waals surface area (Å²) >= 11 is 0. The average Bonchev–Trinajstić information content (AvgIpc) is 3.25. The van der Waals surface area contributed by atoms with Crippen molar-refractivity contribution in [3.05, 3.63) is 64.6 Å². The Morgan fingerprint density at radius 1 is 1.11 bits per heavy atom. The topological polar surface area (TPSA) is 42.6 Å². The van der Waals surface area contributed by atoms with E-state index in [1.807, 2.05) is 18.0 Å². The Bertz CT molecular complexity index is 1370. The number of terminal acetylenes is 1. The van der Waals surface area contributed by atoms with Crippen LogP contribution < -0.4 is 4.90 Å². The zero-order valence-electron chi connectivity index (χ0n) is 21.2. The fourth-order valence-corrected chi connectivity index (χ4v) is 5.79. The summed E-state index contributed by atoms with van der Waals surface area (Å²) in [5.41, 5.74) is 2.51. The van der Waals surface area contributed by atoms with Crippen LogP contribution in [0.3, 0.4) is 0 Å². The van der Waals surface area contributed by atoms with Crippen LogP contribution >= 0.6 is 0 Å². The number of carbonyl (C=O) groups excluding carboxylic acids is 1. The molecule has 0 spiro atoms. The molecule has 194 valence electrons. The van der Waals surface area contributed by atoms with Crippen LogP contribution in [0.2, 0.25) is 0 Å². The van der Waals surface area contributed by atoms with Crippen molar-refractivity contribution in [3.8, 4) is 12.3 Å². The first-order valence-corrected chi connectivity index (χ1v) is 12.8. The number of nitrogens with zero attached hydrogens (tertiary/aromatic N) is 3. The predicted molar refractivity (Wildman–Crippen MR) is 139 cm³/mol. The third-order valence-corrected chi connectivity index (χ3v) is 7.73. The van der Waals surface area contributed by atoms with Crippen LogP contribution in [0, 0.1) is 29.8 Å². The molecule has 37 heavy (non-hydrogen) atoms. The second kappa shape index (κ2) is 10.1. The Kier molecular flexibility index (Phi) is 6.91. The number of unbranched alkanes of at least 4 members (excludes halogenated alkanes) is 1. The van der Waals surface area contributed by atoms with Gasteiger partial charge in [0.15, 0.2) is 0 Å². The quantitative estimate of drug-likeness (QED) is 0.493. The fourth-order valence-electron chi connectivity index (χ4n) is 5.79. The van der Waals surface area contributed by atoms with Crippen molar-refractivity contribution in [2.75, 3.05) is 38.1 Å². The second-order valence-electron chi connectivity index (χ2n) is 10.1. The van der Waals surface area contributed by atoms with Gasteiger partial charge in [0.05, 0.1) is 17.2 Å². The van der Waals surface area contributed by atoms with E-state index in [0.717, 1.165) is 37.6 Å². The Balaban J connectivity index is 1.65. The van der Waals surface area contributed by atoms with Gasteiger partial charge in [-0.1, -0.05) is 25.8 Å². The molecule has 2 aliphatic rings. The van der Waals surface area contributed by atoms with Crippen molar-refractivity contribution in [3.63, 3.8) is 0 Å². The van der Waals surface area contributed by atoms with Crippen molar-refractivity contribution < 1.29 is 18.0 Å². The Labute approximate surface area is 215 Å². The minimum atomic E-state index is -0.750. The number of nitrogens with one attached hydrogen (secondary N) is 1. The molecule has 2 atom stereocenters. The van der Waals surface area contributed by atoms with Crippen LogP contribution in [-0.2, 0) is 11.2 Å². The number of hydrogen-bond acceptors (Lipinski definition) is 3. The van der Waals surface area contributed by atoms with Crippen LogP contribution in [0.25, 0.3) is 10.9 Å². The van der Waals surface area contributed by atoms with E-state index in [9.17, 15) is 13.6 Å². The molecule has 1 N–H and O–H groups in total. The maximum absolute atomic E-state index is 15.6. The minimum Gasteiger partial charge on any atom is -0.367 e. The number of carbonyl (C=O) groups is 1. The van der Waals surface area contributed by atoms with Crippen molar-refractivity contribution in [2.24, 2.45) is 0 Å². The van der Waals surface area contributed by atoms with Gasteiger partial charge in [-0.15, -0.1) is 6.42 Å². The lowest BCUT2D eigenvalue weighted by molar-refractivity contribution is -0.130. The summed E-state index contributed by atoms with van der Waals surface area (Å²) in [7, 11) is 2.04. The van der Waals surface area contributed by atoms with Crippen molar-refractivity contribution >= 4 is 22.5 Å². The van der Waals surface area contributed by atoms with Crippen LogP contribution in [0.15, 0.2) is 30.3 Å². The first kappa shape index (κ1) is 25.2. The highest BCUT2D eigenvalue weighted by Gasteiger charge is 2.40. The van der Waals surface area contributed by atoms with Gasteiger partial charge in [0.25, 0.3) is 5.91 Å². The summed E-state index contributed by atoms with van der Waals surface area (Å²) in [5, 5.41) is 0.446. The Hall–Kier alpha value is -3.44. The van der Waals surface area contributed by atoms with Gasteiger partial charge in [-0.3, -0.25) is 4.79 Å². The lowest BCUT2D eigenvalue weighted by Crippen LogP contribution is -2.47. The normalized spacial score (nSPS) is 20.2. The van der Waals surface area contributed by atoms with Gasteiger partial charge in [-0.05, 0) is 55.1 Å². The lowest BCUT2D eigenvalue weighted by atomic mass is 9.86. The summed E-state index contributed by atoms with van der Waals surface area (Å²) in [4.78, 5) is 22.1. The van der Waals surface area contributed by atoms with Crippen molar-refractivity contribution in [1.29, 1.82) is 0 Å². The number of halogens is 3. The zero-order chi connectivity index (χ0) is 26.3. The SMILES string of the molecule is C#CC(=O)N1[C@@H](CCCC)Cc2c([nH]c3c(F)cc(F)cc23)[C@@H]1c1ccc(N2CCN(C)CC2)c(F)c1. The maximum atomic E-state index is 15.6. The molecule has 1 saturated heterocycles. The number of anilines is 1. The highest BCUT2D eigenvalue weighted by atomic mass is 19.1. The van der Waals surface area contributed by atoms with E-state index in [-0.39, 0.29) is 17.4 Å². The minimum absolute atomic E-state index is 0.176. The molecule has 1 amide bonds. The van der Waals surface area contributed by atoms with Crippen molar-refractivity contribution in [1.82, 2.24) is 14.8 Å². The Morgan fingerprint density at radius 2 is 1.86 bits per heavy atom. The highest BCUT2D eigenvalue weighted by Crippen LogP contribution is 2.43. The third kappa shape index (κ3) is 4.57. The molecular weight excluding hydrogens is 477 g/mol. The van der Waals surface area contributed by atoms with Gasteiger partial charge in [-0.2, -0.15) is 0 Å². The number of likely N-dealkylation sites (N-methyl/N-ethyl adjacent to an activating group) is 1. The molecule has 1 aromatic heterocycles. The molecule has 0 saturated carbocycles. The van der Waals surface area contributed by atoms with Crippen molar-refractivity contribution in [2.45, 2.75) is 44.7 Å². The predicted octanol–water partition coefficient (Wildman–Crippen LogP) is 5.00. The largest absolute Gasteiger partial charge is 0.367 e. The standard InChI is InChI=1S/C29H31F3N4O/c1-4-6-7-20-17-22-21-15-19(30)16-24(32)27(21)33-28(22)29(36(20)26(37)5-2)18-8-9-25(23(31)14-18)35-12-10-34(3)11-13-35/h2,8-9,14-16,20,29,33H,4,6-7,10-13,17H2,1,3H3/t20-,29-/m0/s1. The average molecular weight is 509 g/mol. The molecule has 1 fully saturated rings. The maximum Gasteiger partial charge on any atom is 0.299 e. The van der Waals surface area contributed by atoms with E-state index in [1.54, 1.807) is 11.0 Å². The summed E-state index contributed by atoms with van der Waals surface area (Å²) in [6, 6.07) is 6.12. The van der Waals surface area contributed by atoms with Gasteiger partial charge >= 0.3 is 0 Å². The second-order valence-corrected chi connectivity index (χ2v) is 10.1. The van der Waals surface area contributed by atoms with E-state index in [4.69, 9.17) is 6.42 Å². The van der Waals surface area contributed by atoms with Gasteiger partial charge in [0.1, 0.15) is 17.5 Å². The molecule has 5 nitrogen and oxygen atoms in total. The third-order valence-electron chi connectivity index (χ3n) is 7.73. The van der Waals surface area contributed by atoms with E-state index < -0.39 is 23.6 Å². The number of piperazine rings is 1. The summed E-state index contributed by atoms with van der Waals surface area (Å²) < 4.78 is 44.6. The first-order valence-electron chi connectivity index (χ1n) is 12.8. The molecule has 2 aromatic carbocycles. The molecule has 2 aliphatic heterocycles. The molecular formula is C29H31F3N4O. The van der Waals surface area contributed by atoms with Crippen LogP contribution in [0.5, 0.6) is 0 Å². The molecule has 3 heterocycles. The van der Waals surface area contributed by atoms with Gasteiger partial charge in [-0.25, -0.2) is 13.2 Å². The zero-order valence-corrected chi connectivity index (χ0v) is 21.2. The molecule has 0 unspecified atom stereocenters. The lowest BCUT2D eigenvalue weighted by Gasteiger charge is -2.42. The van der Waals surface area contributed by atoms with Gasteiger partial charge in [0.2, 0.25) is 0 Å². The number of H-pyrrole nitrogens is 1. The van der Waals surface area contributed by atoms with E-state index in [0.29, 0.717) is 48.3 Å². The van der Waals surface area contributed by atoms with E-state index in [2.05, 4.69) is 22.7 Å². The number of aromatic amines is 1. The number of hydrogen-bond donors (Lipinski definition) is 1. The number of aromatic nitrogens is 1. The monoisotopic (exact) mass is 508 g/mol. The first-order chi connectivity index (χ1) is 17.8.